The summed E-state index contributed by atoms with van der Waals surface area (Å²) >= 11 is 3.78. The van der Waals surface area contributed by atoms with Gasteiger partial charge in [0.2, 0.25) is 0 Å². The molecule has 0 amide bonds. The van der Waals surface area contributed by atoms with Crippen molar-refractivity contribution >= 4 is 23.1 Å². The first-order valence-electron chi connectivity index (χ1n) is 5.34. The first-order valence-corrected chi connectivity index (χ1v) is 7.38. The maximum atomic E-state index is 4.10. The van der Waals surface area contributed by atoms with E-state index in [0.717, 1.165) is 12.3 Å². The van der Waals surface area contributed by atoms with E-state index in [2.05, 4.69) is 24.1 Å². The van der Waals surface area contributed by atoms with Crippen molar-refractivity contribution in [3.63, 3.8) is 0 Å². The Kier molecular flexibility index (Phi) is 6.29. The number of hydrogen-bond donors (Lipinski definition) is 1. The predicted octanol–water partition coefficient (Wildman–Crippen LogP) is 2.66. The molecule has 15 heavy (non-hydrogen) atoms. The molecule has 1 aromatic heterocycles. The molecule has 2 nitrogen and oxygen atoms in total. The number of aromatic nitrogens is 1. The minimum Gasteiger partial charge on any atom is -0.316 e. The van der Waals surface area contributed by atoms with Crippen molar-refractivity contribution in [3.05, 3.63) is 16.6 Å². The van der Waals surface area contributed by atoms with Crippen LogP contribution in [0.15, 0.2) is 11.7 Å². The maximum Gasteiger partial charge on any atom is 0.0794 e. The van der Waals surface area contributed by atoms with Crippen molar-refractivity contribution in [2.45, 2.75) is 26.3 Å². The molecule has 1 atom stereocenters. The molecule has 1 N–H and O–H groups in total. The van der Waals surface area contributed by atoms with Gasteiger partial charge in [-0.3, -0.25) is 4.98 Å². The number of thioether (sulfide) groups is 1. The van der Waals surface area contributed by atoms with E-state index < -0.39 is 0 Å². The highest BCUT2D eigenvalue weighted by Crippen LogP contribution is 2.14. The Bertz CT molecular complexity index is 247. The zero-order valence-electron chi connectivity index (χ0n) is 9.69. The van der Waals surface area contributed by atoms with Crippen molar-refractivity contribution in [1.82, 2.24) is 10.3 Å². The predicted molar refractivity (Wildman–Crippen MR) is 70.8 cm³/mol. The Morgan fingerprint density at radius 2 is 2.27 bits per heavy atom. The Hall–Kier alpha value is -0.0600. The van der Waals surface area contributed by atoms with Gasteiger partial charge in [-0.25, -0.2) is 0 Å². The molecular formula is C11H20N2S2. The highest BCUT2D eigenvalue weighted by Gasteiger charge is 2.08. The number of likely N-dealkylation sites (N-methyl/N-ethyl adjacent to an activating group) is 1. The second-order valence-corrected chi connectivity index (χ2v) is 6.13. The SMILES string of the molecule is CNC(CSCC(C)C)Cc1cncs1. The van der Waals surface area contributed by atoms with Gasteiger partial charge in [-0.15, -0.1) is 11.3 Å². The van der Waals surface area contributed by atoms with E-state index in [9.17, 15) is 0 Å². The van der Waals surface area contributed by atoms with Crippen LogP contribution in [0.25, 0.3) is 0 Å². The fourth-order valence-electron chi connectivity index (χ4n) is 1.28. The fraction of sp³-hybridized carbons (Fsp3) is 0.727. The average molecular weight is 244 g/mol. The van der Waals surface area contributed by atoms with Crippen LogP contribution in [0.5, 0.6) is 0 Å². The van der Waals surface area contributed by atoms with Gasteiger partial charge in [-0.2, -0.15) is 11.8 Å². The summed E-state index contributed by atoms with van der Waals surface area (Å²) in [5.41, 5.74) is 1.91. The van der Waals surface area contributed by atoms with E-state index in [1.54, 1.807) is 11.3 Å². The molecule has 1 rings (SSSR count). The molecule has 0 radical (unpaired) electrons. The molecule has 86 valence electrons. The minimum atomic E-state index is 0.578. The number of nitrogens with zero attached hydrogens (tertiary/aromatic N) is 1. The molecular weight excluding hydrogens is 224 g/mol. The smallest absolute Gasteiger partial charge is 0.0794 e. The molecule has 0 aromatic carbocycles. The average Bonchev–Trinajstić information content (AvgIpc) is 2.68. The van der Waals surface area contributed by atoms with E-state index in [4.69, 9.17) is 0 Å². The number of nitrogens with one attached hydrogen (secondary N) is 1. The summed E-state index contributed by atoms with van der Waals surface area (Å²) in [6.45, 7) is 4.54. The lowest BCUT2D eigenvalue weighted by Gasteiger charge is -2.15. The van der Waals surface area contributed by atoms with Crippen LogP contribution in [0.4, 0.5) is 0 Å². The summed E-state index contributed by atoms with van der Waals surface area (Å²) in [5.74, 6) is 3.23. The van der Waals surface area contributed by atoms with Gasteiger partial charge >= 0.3 is 0 Å². The van der Waals surface area contributed by atoms with Gasteiger partial charge in [-0.05, 0) is 25.1 Å². The number of hydrogen-bond acceptors (Lipinski definition) is 4. The van der Waals surface area contributed by atoms with Gasteiger partial charge in [0.05, 0.1) is 5.51 Å². The summed E-state index contributed by atoms with van der Waals surface area (Å²) in [4.78, 5) is 5.48. The summed E-state index contributed by atoms with van der Waals surface area (Å²) in [7, 11) is 2.04. The lowest BCUT2D eigenvalue weighted by Crippen LogP contribution is -2.30. The summed E-state index contributed by atoms with van der Waals surface area (Å²) in [5, 5.41) is 3.37. The molecule has 0 spiro atoms. The van der Waals surface area contributed by atoms with E-state index in [-0.39, 0.29) is 0 Å². The molecule has 0 bridgehead atoms. The third-order valence-electron chi connectivity index (χ3n) is 2.11. The van der Waals surface area contributed by atoms with Gasteiger partial charge in [0, 0.05) is 22.9 Å². The van der Waals surface area contributed by atoms with Crippen LogP contribution in [0.3, 0.4) is 0 Å². The summed E-state index contributed by atoms with van der Waals surface area (Å²) in [6.07, 6.45) is 3.08. The highest BCUT2D eigenvalue weighted by atomic mass is 32.2. The fourth-order valence-corrected chi connectivity index (χ4v) is 3.13. The summed E-state index contributed by atoms with van der Waals surface area (Å²) < 4.78 is 0. The van der Waals surface area contributed by atoms with Crippen LogP contribution < -0.4 is 5.32 Å². The van der Waals surface area contributed by atoms with Gasteiger partial charge < -0.3 is 5.32 Å². The second kappa shape index (κ2) is 7.25. The normalized spacial score (nSPS) is 13.3. The van der Waals surface area contributed by atoms with E-state index in [1.165, 1.54) is 16.4 Å². The van der Waals surface area contributed by atoms with Crippen molar-refractivity contribution in [2.24, 2.45) is 5.92 Å². The van der Waals surface area contributed by atoms with Gasteiger partial charge in [0.15, 0.2) is 0 Å². The molecule has 0 aliphatic heterocycles. The van der Waals surface area contributed by atoms with Crippen LogP contribution in [-0.4, -0.2) is 29.6 Å². The van der Waals surface area contributed by atoms with Crippen LogP contribution in [0, 0.1) is 5.92 Å². The molecule has 0 fully saturated rings. The Balaban J connectivity index is 2.24. The topological polar surface area (TPSA) is 24.9 Å². The van der Waals surface area contributed by atoms with Crippen LogP contribution in [0.2, 0.25) is 0 Å². The lowest BCUT2D eigenvalue weighted by atomic mass is 10.2. The molecule has 1 unspecified atom stereocenters. The van der Waals surface area contributed by atoms with E-state index >= 15 is 0 Å². The quantitative estimate of drug-likeness (QED) is 0.798. The zero-order valence-corrected chi connectivity index (χ0v) is 11.3. The zero-order chi connectivity index (χ0) is 11.1. The van der Waals surface area contributed by atoms with Crippen LogP contribution in [-0.2, 0) is 6.42 Å². The number of thiazole rings is 1. The van der Waals surface area contributed by atoms with Crippen molar-refractivity contribution in [1.29, 1.82) is 0 Å². The Morgan fingerprint density at radius 3 is 2.80 bits per heavy atom. The first-order chi connectivity index (χ1) is 7.22. The molecule has 4 heteroatoms. The molecule has 0 aliphatic rings. The molecule has 0 aliphatic carbocycles. The minimum absolute atomic E-state index is 0.578. The standard InChI is InChI=1S/C11H20N2S2/c1-9(2)6-14-7-10(12-3)4-11-5-13-8-15-11/h5,8-10,12H,4,6-7H2,1-3H3. The summed E-state index contributed by atoms with van der Waals surface area (Å²) in [6, 6.07) is 0.578. The van der Waals surface area contributed by atoms with Crippen LogP contribution >= 0.6 is 23.1 Å². The van der Waals surface area contributed by atoms with Gasteiger partial charge in [-0.1, -0.05) is 13.8 Å². The van der Waals surface area contributed by atoms with Crippen molar-refractivity contribution < 1.29 is 0 Å². The first kappa shape index (κ1) is 13.0. The Morgan fingerprint density at radius 1 is 1.47 bits per heavy atom. The third-order valence-corrected chi connectivity index (χ3v) is 4.45. The van der Waals surface area contributed by atoms with Crippen molar-refractivity contribution in [3.8, 4) is 0 Å². The van der Waals surface area contributed by atoms with Crippen LogP contribution in [0.1, 0.15) is 18.7 Å². The highest BCUT2D eigenvalue weighted by molar-refractivity contribution is 7.99. The monoisotopic (exact) mass is 244 g/mol. The third kappa shape index (κ3) is 5.54. The van der Waals surface area contributed by atoms with Gasteiger partial charge in [0.25, 0.3) is 0 Å². The molecule has 1 aromatic rings. The van der Waals surface area contributed by atoms with E-state index in [1.807, 2.05) is 30.5 Å². The molecule has 1 heterocycles. The Labute approximate surface area is 101 Å². The molecule has 0 saturated heterocycles. The molecule has 0 saturated carbocycles. The number of rotatable bonds is 7. The van der Waals surface area contributed by atoms with Gasteiger partial charge in [0.1, 0.15) is 0 Å². The lowest BCUT2D eigenvalue weighted by molar-refractivity contribution is 0.620. The largest absolute Gasteiger partial charge is 0.316 e. The maximum absolute atomic E-state index is 4.10. The second-order valence-electron chi connectivity index (χ2n) is 4.09. The van der Waals surface area contributed by atoms with E-state index in [0.29, 0.717) is 6.04 Å². The van der Waals surface area contributed by atoms with Crippen molar-refractivity contribution in [2.75, 3.05) is 18.6 Å².